The molecular weight excluding hydrogens is 323 g/mol. The SMILES string of the molecule is CNC(=O)c1c(-c2ccccc2)noc1CC(=O)c1ccc(F)cc1. The highest BCUT2D eigenvalue weighted by atomic mass is 19.1. The number of hydrogen-bond acceptors (Lipinski definition) is 4. The molecule has 5 nitrogen and oxygen atoms in total. The molecule has 0 aliphatic heterocycles. The fraction of sp³-hybridized carbons (Fsp3) is 0.105. The molecule has 0 radical (unpaired) electrons. The van der Waals surface area contributed by atoms with Crippen molar-refractivity contribution in [2.75, 3.05) is 7.05 Å². The summed E-state index contributed by atoms with van der Waals surface area (Å²) in [5.41, 5.74) is 1.65. The maximum Gasteiger partial charge on any atom is 0.256 e. The number of hydrogen-bond donors (Lipinski definition) is 1. The van der Waals surface area contributed by atoms with Crippen molar-refractivity contribution in [2.24, 2.45) is 0 Å². The van der Waals surface area contributed by atoms with Crippen LogP contribution < -0.4 is 5.32 Å². The van der Waals surface area contributed by atoms with Gasteiger partial charge < -0.3 is 9.84 Å². The smallest absolute Gasteiger partial charge is 0.256 e. The maximum atomic E-state index is 13.0. The molecule has 1 amide bonds. The lowest BCUT2D eigenvalue weighted by Crippen LogP contribution is -2.20. The van der Waals surface area contributed by atoms with Gasteiger partial charge in [0.05, 0.1) is 6.42 Å². The van der Waals surface area contributed by atoms with Gasteiger partial charge in [-0.25, -0.2) is 4.39 Å². The van der Waals surface area contributed by atoms with Crippen LogP contribution in [-0.2, 0) is 6.42 Å². The first-order valence-corrected chi connectivity index (χ1v) is 7.65. The summed E-state index contributed by atoms with van der Waals surface area (Å²) in [5, 5.41) is 6.51. The van der Waals surface area contributed by atoms with E-state index in [2.05, 4.69) is 10.5 Å². The van der Waals surface area contributed by atoms with E-state index in [1.165, 1.54) is 31.3 Å². The Balaban J connectivity index is 1.96. The van der Waals surface area contributed by atoms with E-state index >= 15 is 0 Å². The van der Waals surface area contributed by atoms with Crippen molar-refractivity contribution in [1.82, 2.24) is 10.5 Å². The fourth-order valence-electron chi connectivity index (χ4n) is 2.48. The Hall–Kier alpha value is -3.28. The van der Waals surface area contributed by atoms with Gasteiger partial charge in [-0.05, 0) is 24.3 Å². The summed E-state index contributed by atoms with van der Waals surface area (Å²) in [7, 11) is 1.50. The van der Waals surface area contributed by atoms with E-state index < -0.39 is 5.82 Å². The van der Waals surface area contributed by atoms with E-state index in [0.717, 1.165) is 0 Å². The molecule has 1 heterocycles. The summed E-state index contributed by atoms with van der Waals surface area (Å²) < 4.78 is 18.3. The number of nitrogens with one attached hydrogen (secondary N) is 1. The molecule has 0 aliphatic carbocycles. The minimum Gasteiger partial charge on any atom is -0.359 e. The third kappa shape index (κ3) is 3.47. The zero-order valence-electron chi connectivity index (χ0n) is 13.5. The molecule has 0 aliphatic rings. The van der Waals surface area contributed by atoms with Crippen LogP contribution in [-0.4, -0.2) is 23.9 Å². The van der Waals surface area contributed by atoms with Crippen LogP contribution in [0.1, 0.15) is 26.5 Å². The van der Waals surface area contributed by atoms with Crippen LogP contribution in [0.2, 0.25) is 0 Å². The van der Waals surface area contributed by atoms with Crippen molar-refractivity contribution >= 4 is 11.7 Å². The molecule has 0 spiro atoms. The van der Waals surface area contributed by atoms with Gasteiger partial charge in [-0.1, -0.05) is 35.5 Å². The predicted octanol–water partition coefficient (Wildman–Crippen LogP) is 3.27. The Morgan fingerprint density at radius 3 is 2.40 bits per heavy atom. The van der Waals surface area contributed by atoms with Crippen molar-refractivity contribution in [3.8, 4) is 11.3 Å². The average molecular weight is 338 g/mol. The van der Waals surface area contributed by atoms with Crippen molar-refractivity contribution in [3.05, 3.63) is 77.3 Å². The van der Waals surface area contributed by atoms with Gasteiger partial charge in [0.15, 0.2) is 11.5 Å². The molecule has 0 saturated carbocycles. The number of nitrogens with zero attached hydrogens (tertiary/aromatic N) is 1. The Morgan fingerprint density at radius 1 is 1.08 bits per heavy atom. The van der Waals surface area contributed by atoms with Gasteiger partial charge in [0, 0.05) is 18.2 Å². The molecule has 0 saturated heterocycles. The van der Waals surface area contributed by atoms with Gasteiger partial charge in [-0.2, -0.15) is 0 Å². The zero-order chi connectivity index (χ0) is 17.8. The van der Waals surface area contributed by atoms with Crippen molar-refractivity contribution < 1.29 is 18.5 Å². The summed E-state index contributed by atoms with van der Waals surface area (Å²) in [6, 6.07) is 14.3. The zero-order valence-corrected chi connectivity index (χ0v) is 13.5. The second-order valence-electron chi connectivity index (χ2n) is 5.38. The minimum atomic E-state index is -0.423. The summed E-state index contributed by atoms with van der Waals surface area (Å²) in [6.45, 7) is 0. The average Bonchev–Trinajstić information content (AvgIpc) is 3.05. The monoisotopic (exact) mass is 338 g/mol. The van der Waals surface area contributed by atoms with E-state index in [-0.39, 0.29) is 29.4 Å². The highest BCUT2D eigenvalue weighted by molar-refractivity contribution is 6.03. The van der Waals surface area contributed by atoms with Gasteiger partial charge >= 0.3 is 0 Å². The van der Waals surface area contributed by atoms with Crippen molar-refractivity contribution in [2.45, 2.75) is 6.42 Å². The minimum absolute atomic E-state index is 0.145. The second-order valence-corrected chi connectivity index (χ2v) is 5.38. The molecule has 0 atom stereocenters. The number of amides is 1. The lowest BCUT2D eigenvalue weighted by atomic mass is 10.0. The number of ketones is 1. The summed E-state index contributed by atoms with van der Waals surface area (Å²) in [5.74, 6) is -0.927. The number of rotatable bonds is 5. The summed E-state index contributed by atoms with van der Waals surface area (Å²) >= 11 is 0. The largest absolute Gasteiger partial charge is 0.359 e. The molecule has 3 rings (SSSR count). The van der Waals surface area contributed by atoms with Crippen molar-refractivity contribution in [1.29, 1.82) is 0 Å². The number of aromatic nitrogens is 1. The lowest BCUT2D eigenvalue weighted by molar-refractivity contribution is 0.0960. The summed E-state index contributed by atoms with van der Waals surface area (Å²) in [4.78, 5) is 24.7. The highest BCUT2D eigenvalue weighted by Crippen LogP contribution is 2.26. The van der Waals surface area contributed by atoms with Gasteiger partial charge in [-0.3, -0.25) is 9.59 Å². The molecule has 1 aromatic heterocycles. The topological polar surface area (TPSA) is 72.2 Å². The Morgan fingerprint density at radius 2 is 1.76 bits per heavy atom. The predicted molar refractivity (Wildman–Crippen MR) is 89.8 cm³/mol. The molecule has 2 aromatic carbocycles. The van der Waals surface area contributed by atoms with Crippen LogP contribution in [0, 0.1) is 5.82 Å². The van der Waals surface area contributed by atoms with Crippen molar-refractivity contribution in [3.63, 3.8) is 0 Å². The first-order chi connectivity index (χ1) is 12.1. The molecule has 1 N–H and O–H groups in total. The van der Waals surface area contributed by atoms with E-state index in [9.17, 15) is 14.0 Å². The van der Waals surface area contributed by atoms with Crippen LogP contribution in [0.25, 0.3) is 11.3 Å². The quantitative estimate of drug-likeness (QED) is 0.725. The van der Waals surface area contributed by atoms with Gasteiger partial charge in [0.2, 0.25) is 0 Å². The molecule has 6 heteroatoms. The third-order valence-electron chi connectivity index (χ3n) is 3.75. The number of Topliss-reactive ketones (excluding diaryl/α,β-unsaturated/α-hetero) is 1. The molecule has 126 valence electrons. The van der Waals surface area contributed by atoms with E-state index in [4.69, 9.17) is 4.52 Å². The first-order valence-electron chi connectivity index (χ1n) is 7.65. The van der Waals surface area contributed by atoms with E-state index in [1.54, 1.807) is 12.1 Å². The van der Waals surface area contributed by atoms with Gasteiger partial charge in [0.25, 0.3) is 5.91 Å². The van der Waals surface area contributed by atoms with Gasteiger partial charge in [0.1, 0.15) is 17.1 Å². The van der Waals surface area contributed by atoms with Crippen LogP contribution in [0.5, 0.6) is 0 Å². The Kier molecular flexibility index (Phi) is 4.70. The van der Waals surface area contributed by atoms with Crippen LogP contribution >= 0.6 is 0 Å². The number of halogens is 1. The molecule has 0 unspecified atom stereocenters. The fourth-order valence-corrected chi connectivity index (χ4v) is 2.48. The van der Waals surface area contributed by atoms with E-state index in [0.29, 0.717) is 16.8 Å². The first kappa shape index (κ1) is 16.6. The molecule has 0 fully saturated rings. The highest BCUT2D eigenvalue weighted by Gasteiger charge is 2.25. The van der Waals surface area contributed by atoms with Crippen LogP contribution in [0.3, 0.4) is 0 Å². The normalized spacial score (nSPS) is 10.5. The Labute approximate surface area is 143 Å². The summed E-state index contributed by atoms with van der Waals surface area (Å²) in [6.07, 6.45) is -0.145. The lowest BCUT2D eigenvalue weighted by Gasteiger charge is -2.03. The standard InChI is InChI=1S/C19H15FN2O3/c1-21-19(24)17-16(11-15(23)12-7-9-14(20)10-8-12)25-22-18(17)13-5-3-2-4-6-13/h2-10H,11H2,1H3,(H,21,24). The van der Waals surface area contributed by atoms with Crippen LogP contribution in [0.4, 0.5) is 4.39 Å². The molecular formula is C19H15FN2O3. The molecule has 0 bridgehead atoms. The number of benzene rings is 2. The number of carbonyl (C=O) groups is 2. The maximum absolute atomic E-state index is 13.0. The van der Waals surface area contributed by atoms with Gasteiger partial charge in [-0.15, -0.1) is 0 Å². The van der Waals surface area contributed by atoms with E-state index in [1.807, 2.05) is 18.2 Å². The molecule has 3 aromatic rings. The molecule has 25 heavy (non-hydrogen) atoms. The number of carbonyl (C=O) groups excluding carboxylic acids is 2. The third-order valence-corrected chi connectivity index (χ3v) is 3.75. The van der Waals surface area contributed by atoms with Crippen LogP contribution in [0.15, 0.2) is 59.1 Å². The Bertz CT molecular complexity index is 902. The second kappa shape index (κ2) is 7.09.